The van der Waals surface area contributed by atoms with Gasteiger partial charge in [-0.15, -0.1) is 5.10 Å². The molecular formula is C21H20N4O3S. The van der Waals surface area contributed by atoms with Crippen LogP contribution in [0.2, 0.25) is 0 Å². The fourth-order valence-electron chi connectivity index (χ4n) is 3.12. The normalized spacial score (nSPS) is 11.8. The Kier molecular flexibility index (Phi) is 5.37. The first-order chi connectivity index (χ1) is 14.1. The molecule has 0 atom stereocenters. The maximum Gasteiger partial charge on any atom is 0.182 e. The summed E-state index contributed by atoms with van der Waals surface area (Å²) in [5.74, 6) is -0.0925. The van der Waals surface area contributed by atoms with Crippen LogP contribution in [0.3, 0.4) is 0 Å². The molecule has 7 nitrogen and oxygen atoms in total. The first-order valence-corrected chi connectivity index (χ1v) is 10.9. The Bertz CT molecular complexity index is 1250. The second kappa shape index (κ2) is 8.10. The van der Waals surface area contributed by atoms with Gasteiger partial charge in [-0.2, -0.15) is 0 Å². The van der Waals surface area contributed by atoms with Gasteiger partial charge in [-0.3, -0.25) is 4.98 Å². The molecule has 148 valence electrons. The highest BCUT2D eigenvalue weighted by atomic mass is 32.2. The first-order valence-electron chi connectivity index (χ1n) is 9.20. The number of hydrogen-bond acceptors (Lipinski definition) is 6. The number of aromatic nitrogens is 4. The lowest BCUT2D eigenvalue weighted by atomic mass is 10.1. The van der Waals surface area contributed by atoms with E-state index in [1.165, 1.54) is 0 Å². The van der Waals surface area contributed by atoms with E-state index in [9.17, 15) is 8.42 Å². The van der Waals surface area contributed by atoms with E-state index in [2.05, 4.69) is 15.3 Å². The molecule has 0 amide bonds. The molecule has 4 aromatic rings. The lowest BCUT2D eigenvalue weighted by molar-refractivity contribution is 0.131. The number of hydrogen-bond donors (Lipinski definition) is 0. The van der Waals surface area contributed by atoms with Gasteiger partial charge in [0.25, 0.3) is 0 Å². The molecule has 0 aliphatic heterocycles. The molecule has 2 aromatic carbocycles. The molecule has 8 heteroatoms. The summed E-state index contributed by atoms with van der Waals surface area (Å²) in [4.78, 5) is 4.34. The van der Waals surface area contributed by atoms with Gasteiger partial charge in [0.05, 0.1) is 29.1 Å². The van der Waals surface area contributed by atoms with Gasteiger partial charge in [0, 0.05) is 24.4 Å². The number of sulfone groups is 1. The van der Waals surface area contributed by atoms with E-state index in [1.54, 1.807) is 47.5 Å². The van der Waals surface area contributed by atoms with Crippen LogP contribution in [-0.4, -0.2) is 35.0 Å². The molecule has 2 heterocycles. The smallest absolute Gasteiger partial charge is 0.182 e. The third-order valence-corrected chi connectivity index (χ3v) is 6.22. The zero-order valence-corrected chi connectivity index (χ0v) is 16.7. The topological polar surface area (TPSA) is 87.0 Å². The minimum atomic E-state index is -3.55. The van der Waals surface area contributed by atoms with E-state index in [-0.39, 0.29) is 10.6 Å². The second-order valence-corrected chi connectivity index (χ2v) is 8.55. The fraction of sp³-hybridized carbons (Fsp3) is 0.190. The Morgan fingerprint density at radius 2 is 1.97 bits per heavy atom. The van der Waals surface area contributed by atoms with E-state index >= 15 is 0 Å². The summed E-state index contributed by atoms with van der Waals surface area (Å²) in [5.41, 5.74) is 2.06. The van der Waals surface area contributed by atoms with Crippen molar-refractivity contribution in [1.82, 2.24) is 20.0 Å². The summed E-state index contributed by atoms with van der Waals surface area (Å²) in [6.45, 7) is 2.86. The van der Waals surface area contributed by atoms with Crippen molar-refractivity contribution in [1.29, 1.82) is 0 Å². The van der Waals surface area contributed by atoms with Crippen molar-refractivity contribution in [3.63, 3.8) is 0 Å². The highest BCUT2D eigenvalue weighted by Crippen LogP contribution is 2.24. The van der Waals surface area contributed by atoms with Gasteiger partial charge in [-0.25, -0.2) is 13.1 Å². The highest BCUT2D eigenvalue weighted by molar-refractivity contribution is 7.90. The molecule has 29 heavy (non-hydrogen) atoms. The number of ether oxygens (including phenoxy) is 1. The van der Waals surface area contributed by atoms with Crippen molar-refractivity contribution in [3.05, 3.63) is 78.4 Å². The van der Waals surface area contributed by atoms with Crippen molar-refractivity contribution in [3.8, 4) is 5.69 Å². The zero-order chi connectivity index (χ0) is 20.3. The summed E-state index contributed by atoms with van der Waals surface area (Å²) < 4.78 is 33.1. The zero-order valence-electron chi connectivity index (χ0n) is 15.9. The van der Waals surface area contributed by atoms with Gasteiger partial charge < -0.3 is 4.74 Å². The third kappa shape index (κ3) is 4.18. The van der Waals surface area contributed by atoms with Gasteiger partial charge in [0.15, 0.2) is 9.84 Å². The molecule has 0 unspecified atom stereocenters. The van der Waals surface area contributed by atoms with Crippen LogP contribution in [0.5, 0.6) is 0 Å². The first kappa shape index (κ1) is 19.2. The Morgan fingerprint density at radius 3 is 2.83 bits per heavy atom. The second-order valence-electron chi connectivity index (χ2n) is 6.56. The largest absolute Gasteiger partial charge is 0.375 e. The number of rotatable bonds is 7. The van der Waals surface area contributed by atoms with E-state index in [0.29, 0.717) is 24.6 Å². The van der Waals surface area contributed by atoms with Crippen LogP contribution in [0.1, 0.15) is 18.2 Å². The Balaban J connectivity index is 1.64. The summed E-state index contributed by atoms with van der Waals surface area (Å²) in [6, 6.07) is 14.2. The molecular weight excluding hydrogens is 388 g/mol. The van der Waals surface area contributed by atoms with Crippen LogP contribution in [-0.2, 0) is 26.9 Å². The van der Waals surface area contributed by atoms with Gasteiger partial charge in [0.1, 0.15) is 5.69 Å². The van der Waals surface area contributed by atoms with Crippen LogP contribution in [0.4, 0.5) is 0 Å². The Hall–Kier alpha value is -3.10. The van der Waals surface area contributed by atoms with E-state index in [0.717, 1.165) is 16.3 Å². The van der Waals surface area contributed by atoms with Crippen LogP contribution in [0.15, 0.2) is 72.0 Å². The van der Waals surface area contributed by atoms with Gasteiger partial charge >= 0.3 is 0 Å². The monoisotopic (exact) mass is 408 g/mol. The van der Waals surface area contributed by atoms with E-state index < -0.39 is 9.84 Å². The van der Waals surface area contributed by atoms with E-state index in [1.807, 2.05) is 31.2 Å². The molecule has 0 radical (unpaired) electrons. The van der Waals surface area contributed by atoms with Crippen LogP contribution in [0.25, 0.3) is 16.5 Å². The van der Waals surface area contributed by atoms with Crippen molar-refractivity contribution < 1.29 is 13.2 Å². The molecule has 2 aromatic heterocycles. The molecule has 0 N–H and O–H groups in total. The summed E-state index contributed by atoms with van der Waals surface area (Å²) in [5, 5.41) is 9.93. The van der Waals surface area contributed by atoms with E-state index in [4.69, 9.17) is 4.74 Å². The average Bonchev–Trinajstić information content (AvgIpc) is 3.21. The van der Waals surface area contributed by atoms with Crippen molar-refractivity contribution in [2.75, 3.05) is 6.61 Å². The van der Waals surface area contributed by atoms with Gasteiger partial charge in [0.2, 0.25) is 0 Å². The summed E-state index contributed by atoms with van der Waals surface area (Å²) >= 11 is 0. The summed E-state index contributed by atoms with van der Waals surface area (Å²) in [7, 11) is -3.55. The van der Waals surface area contributed by atoms with Crippen LogP contribution in [0, 0.1) is 0 Å². The average molecular weight is 408 g/mol. The number of pyridine rings is 1. The highest BCUT2D eigenvalue weighted by Gasteiger charge is 2.18. The lowest BCUT2D eigenvalue weighted by Gasteiger charge is -2.09. The minimum absolute atomic E-state index is 0.0925. The van der Waals surface area contributed by atoms with Crippen LogP contribution >= 0.6 is 0 Å². The van der Waals surface area contributed by atoms with Crippen molar-refractivity contribution in [2.24, 2.45) is 0 Å². The number of fused-ring (bicyclic) bond motifs is 1. The molecule has 0 bridgehead atoms. The van der Waals surface area contributed by atoms with Crippen molar-refractivity contribution in [2.45, 2.75) is 24.2 Å². The van der Waals surface area contributed by atoms with Crippen LogP contribution < -0.4 is 0 Å². The fourth-order valence-corrected chi connectivity index (χ4v) is 4.53. The predicted octanol–water partition coefficient (Wildman–Crippen LogP) is 3.33. The molecule has 0 saturated heterocycles. The van der Waals surface area contributed by atoms with Gasteiger partial charge in [-0.1, -0.05) is 29.5 Å². The Labute approximate surface area is 168 Å². The maximum absolute atomic E-state index is 13.1. The SMILES string of the molecule is CCOCc1cn(-c2cccc(S(=O)(=O)Cc3cccc4cnccc34)c2)nn1. The standard InChI is InChI=1S/C21H20N4O3S/c1-2-28-14-18-13-25(24-23-18)19-7-4-8-20(11-19)29(26,27)15-17-6-3-5-16-12-22-10-9-21(16)17/h3-13H,2,14-15H2,1H3. The lowest BCUT2D eigenvalue weighted by Crippen LogP contribution is -2.07. The number of benzene rings is 2. The quantitative estimate of drug-likeness (QED) is 0.466. The molecule has 0 aliphatic carbocycles. The Morgan fingerprint density at radius 1 is 1.10 bits per heavy atom. The molecule has 0 saturated carbocycles. The maximum atomic E-state index is 13.1. The number of nitrogens with zero attached hydrogens (tertiary/aromatic N) is 4. The van der Waals surface area contributed by atoms with Crippen molar-refractivity contribution >= 4 is 20.6 Å². The molecule has 0 fully saturated rings. The summed E-state index contributed by atoms with van der Waals surface area (Å²) in [6.07, 6.45) is 5.14. The molecule has 0 aliphatic rings. The predicted molar refractivity (Wildman–Crippen MR) is 109 cm³/mol. The van der Waals surface area contributed by atoms with Gasteiger partial charge in [-0.05, 0) is 42.1 Å². The third-order valence-electron chi connectivity index (χ3n) is 4.55. The minimum Gasteiger partial charge on any atom is -0.375 e. The molecule has 0 spiro atoms. The molecule has 4 rings (SSSR count).